The first kappa shape index (κ1) is 19.6. The Hall–Kier alpha value is -2.19. The van der Waals surface area contributed by atoms with Crippen molar-refractivity contribution in [2.24, 2.45) is 0 Å². The van der Waals surface area contributed by atoms with Crippen LogP contribution in [0.25, 0.3) is 0 Å². The molecule has 1 unspecified atom stereocenters. The first-order chi connectivity index (χ1) is 12.6. The molecule has 0 aromatic heterocycles. The molecule has 0 N–H and O–H groups in total. The topological polar surface area (TPSA) is 23.6 Å². The molecule has 9 heteroatoms. The van der Waals surface area contributed by atoms with Crippen LogP contribution < -0.4 is 0 Å². The van der Waals surface area contributed by atoms with E-state index in [1.165, 1.54) is 18.3 Å². The van der Waals surface area contributed by atoms with E-state index in [-0.39, 0.29) is 11.5 Å². The van der Waals surface area contributed by atoms with E-state index < -0.39 is 43.3 Å². The number of carbonyl (C=O) groups excluding carboxylic acids is 1. The Kier molecular flexibility index (Phi) is 5.14. The summed E-state index contributed by atoms with van der Waals surface area (Å²) in [4.78, 5) is 14.5. The van der Waals surface area contributed by atoms with E-state index in [0.29, 0.717) is 25.1 Å². The predicted octanol–water partition coefficient (Wildman–Crippen LogP) is 3.96. The van der Waals surface area contributed by atoms with Crippen LogP contribution in [0.1, 0.15) is 29.0 Å². The molecule has 0 spiro atoms. The minimum Gasteiger partial charge on any atom is -0.377 e. The zero-order valence-corrected chi connectivity index (χ0v) is 14.3. The van der Waals surface area contributed by atoms with Crippen molar-refractivity contribution in [1.29, 1.82) is 0 Å². The molecule has 3 rings (SSSR count). The first-order valence-corrected chi connectivity index (χ1v) is 8.43. The number of likely N-dealkylation sites (tertiary alicyclic amines) is 2. The maximum Gasteiger partial charge on any atom is 0.416 e. The van der Waals surface area contributed by atoms with Gasteiger partial charge in [-0.05, 0) is 29.7 Å². The van der Waals surface area contributed by atoms with E-state index in [4.69, 9.17) is 0 Å². The van der Waals surface area contributed by atoms with Gasteiger partial charge < -0.3 is 9.80 Å². The highest BCUT2D eigenvalue weighted by molar-refractivity contribution is 5.88. The van der Waals surface area contributed by atoms with E-state index in [0.717, 1.165) is 17.0 Å². The summed E-state index contributed by atoms with van der Waals surface area (Å²) in [7, 11) is 0. The summed E-state index contributed by atoms with van der Waals surface area (Å²) in [6.45, 7) is -1.31. The van der Waals surface area contributed by atoms with Crippen LogP contribution >= 0.6 is 0 Å². The van der Waals surface area contributed by atoms with Gasteiger partial charge in [0.05, 0.1) is 18.7 Å². The molecule has 0 radical (unpaired) electrons. The zero-order chi connectivity index (χ0) is 19.8. The van der Waals surface area contributed by atoms with Gasteiger partial charge in [0, 0.05) is 31.3 Å². The van der Waals surface area contributed by atoms with Gasteiger partial charge in [-0.15, -0.1) is 0 Å². The van der Waals surface area contributed by atoms with E-state index in [1.807, 2.05) is 0 Å². The van der Waals surface area contributed by atoms with Crippen molar-refractivity contribution in [3.63, 3.8) is 0 Å². The molecule has 0 saturated carbocycles. The summed E-state index contributed by atoms with van der Waals surface area (Å²) >= 11 is 0. The second kappa shape index (κ2) is 7.09. The van der Waals surface area contributed by atoms with E-state index in [9.17, 15) is 31.1 Å². The Morgan fingerprint density at radius 3 is 2.52 bits per heavy atom. The standard InChI is InChI=1S/C18H18F6N2O/c19-8-12-5-14(7-15(6-12)18(22,23)24)13-1-3-25(9-13)4-2-16(27)26-10-17(20,21)11-26/h2,4-7,13H,1,3,8-11H2/b4-2-. The lowest BCUT2D eigenvalue weighted by Gasteiger charge is -2.38. The van der Waals surface area contributed by atoms with Crippen molar-refractivity contribution in [2.75, 3.05) is 26.2 Å². The van der Waals surface area contributed by atoms with Crippen LogP contribution in [-0.4, -0.2) is 47.8 Å². The average molecular weight is 392 g/mol. The average Bonchev–Trinajstić information content (AvgIpc) is 3.05. The molecule has 2 fully saturated rings. The molecular formula is C18H18F6N2O. The molecule has 0 bridgehead atoms. The third-order valence-electron chi connectivity index (χ3n) is 4.77. The lowest BCUT2D eigenvalue weighted by Crippen LogP contribution is -2.58. The third kappa shape index (κ3) is 4.56. The van der Waals surface area contributed by atoms with Crippen LogP contribution in [0.3, 0.4) is 0 Å². The summed E-state index contributed by atoms with van der Waals surface area (Å²) in [5.74, 6) is -3.59. The quantitative estimate of drug-likeness (QED) is 0.572. The fraction of sp³-hybridized carbons (Fsp3) is 0.500. The third-order valence-corrected chi connectivity index (χ3v) is 4.77. The number of benzene rings is 1. The Morgan fingerprint density at radius 1 is 1.22 bits per heavy atom. The minimum atomic E-state index is -4.55. The van der Waals surface area contributed by atoms with Crippen LogP contribution in [0, 0.1) is 0 Å². The molecule has 1 aromatic rings. The van der Waals surface area contributed by atoms with Crippen molar-refractivity contribution >= 4 is 5.91 Å². The number of hydrogen-bond acceptors (Lipinski definition) is 2. The number of alkyl halides is 6. The van der Waals surface area contributed by atoms with Crippen molar-refractivity contribution in [2.45, 2.75) is 31.1 Å². The smallest absolute Gasteiger partial charge is 0.377 e. The summed E-state index contributed by atoms with van der Waals surface area (Å²) in [5, 5.41) is 0. The lowest BCUT2D eigenvalue weighted by atomic mass is 9.94. The molecule has 0 aliphatic carbocycles. The Bertz CT molecular complexity index is 738. The Morgan fingerprint density at radius 2 is 1.93 bits per heavy atom. The number of rotatable bonds is 4. The van der Waals surface area contributed by atoms with Gasteiger partial charge >= 0.3 is 6.18 Å². The highest BCUT2D eigenvalue weighted by Gasteiger charge is 2.45. The molecule has 1 atom stereocenters. The second-order valence-corrected chi connectivity index (χ2v) is 6.94. The molecule has 1 amide bonds. The zero-order valence-electron chi connectivity index (χ0n) is 14.3. The largest absolute Gasteiger partial charge is 0.416 e. The molecule has 148 valence electrons. The molecule has 2 heterocycles. The predicted molar refractivity (Wildman–Crippen MR) is 85.9 cm³/mol. The van der Waals surface area contributed by atoms with Crippen LogP contribution in [0.5, 0.6) is 0 Å². The van der Waals surface area contributed by atoms with E-state index in [2.05, 4.69) is 0 Å². The van der Waals surface area contributed by atoms with Crippen LogP contribution in [-0.2, 0) is 17.6 Å². The number of nitrogens with zero attached hydrogens (tertiary/aromatic N) is 2. The van der Waals surface area contributed by atoms with Crippen molar-refractivity contribution in [3.05, 3.63) is 47.2 Å². The Balaban J connectivity index is 1.64. The highest BCUT2D eigenvalue weighted by atomic mass is 19.4. The number of carbonyl (C=O) groups is 1. The van der Waals surface area contributed by atoms with Gasteiger partial charge in [-0.2, -0.15) is 13.2 Å². The maximum absolute atomic E-state index is 13.0. The summed E-state index contributed by atoms with van der Waals surface area (Å²) in [6.07, 6.45) is -1.34. The van der Waals surface area contributed by atoms with Crippen molar-refractivity contribution in [3.8, 4) is 0 Å². The summed E-state index contributed by atoms with van der Waals surface area (Å²) in [6, 6.07) is 3.27. The summed E-state index contributed by atoms with van der Waals surface area (Å²) < 4.78 is 77.4. The van der Waals surface area contributed by atoms with Crippen molar-refractivity contribution < 1.29 is 31.1 Å². The van der Waals surface area contributed by atoms with Gasteiger partial charge in [0.25, 0.3) is 5.92 Å². The van der Waals surface area contributed by atoms with Gasteiger partial charge in [-0.1, -0.05) is 6.07 Å². The van der Waals surface area contributed by atoms with Gasteiger partial charge in [-0.25, -0.2) is 13.2 Å². The molecule has 2 saturated heterocycles. The summed E-state index contributed by atoms with van der Waals surface area (Å²) in [5.41, 5.74) is -0.500. The molecule has 1 aromatic carbocycles. The Labute approximate surface area is 152 Å². The molecule has 3 nitrogen and oxygen atoms in total. The number of hydrogen-bond donors (Lipinski definition) is 0. The van der Waals surface area contributed by atoms with Gasteiger partial charge in [0.1, 0.15) is 6.67 Å². The molecule has 2 aliphatic rings. The van der Waals surface area contributed by atoms with E-state index in [1.54, 1.807) is 4.90 Å². The molecule has 27 heavy (non-hydrogen) atoms. The van der Waals surface area contributed by atoms with Crippen molar-refractivity contribution in [1.82, 2.24) is 9.80 Å². The first-order valence-electron chi connectivity index (χ1n) is 8.43. The molecule has 2 aliphatic heterocycles. The fourth-order valence-electron chi connectivity index (χ4n) is 3.33. The second-order valence-electron chi connectivity index (χ2n) is 6.94. The van der Waals surface area contributed by atoms with Crippen LogP contribution in [0.15, 0.2) is 30.5 Å². The van der Waals surface area contributed by atoms with E-state index >= 15 is 0 Å². The maximum atomic E-state index is 13.0. The normalized spacial score (nSPS) is 22.4. The lowest BCUT2D eigenvalue weighted by molar-refractivity contribution is -0.160. The monoisotopic (exact) mass is 392 g/mol. The van der Waals surface area contributed by atoms with Gasteiger partial charge in [0.2, 0.25) is 5.91 Å². The number of amides is 1. The van der Waals surface area contributed by atoms with Crippen LogP contribution in [0.2, 0.25) is 0 Å². The number of halogens is 6. The minimum absolute atomic E-state index is 0.0253. The highest BCUT2D eigenvalue weighted by Crippen LogP contribution is 2.35. The fourth-order valence-corrected chi connectivity index (χ4v) is 3.33. The van der Waals surface area contributed by atoms with Crippen LogP contribution in [0.4, 0.5) is 26.3 Å². The van der Waals surface area contributed by atoms with Gasteiger partial charge in [-0.3, -0.25) is 4.79 Å². The molecular weight excluding hydrogens is 374 g/mol. The van der Waals surface area contributed by atoms with Gasteiger partial charge in [0.15, 0.2) is 0 Å². The SMILES string of the molecule is O=C(/C=C\N1CCC(c2cc(CF)cc(C(F)(F)F)c2)C1)N1CC(F)(F)C1.